The number of nitrogens with one attached hydrogen (secondary N) is 1. The van der Waals surface area contributed by atoms with Crippen LogP contribution < -0.4 is 5.32 Å². The maximum Gasteiger partial charge on any atom is 0.452 e. The normalized spacial score (nSPS) is 12.5. The largest absolute Gasteiger partial charge is 0.452 e. The first kappa shape index (κ1) is 15.8. The molecule has 0 aliphatic rings. The summed E-state index contributed by atoms with van der Waals surface area (Å²) in [6.07, 6.45) is -5.04. The van der Waals surface area contributed by atoms with Crippen LogP contribution in [-0.2, 0) is 4.79 Å². The van der Waals surface area contributed by atoms with E-state index in [9.17, 15) is 22.8 Å². The molecule has 0 heterocycles. The third kappa shape index (κ3) is 3.72. The zero-order valence-corrected chi connectivity index (χ0v) is 11.3. The van der Waals surface area contributed by atoms with Crippen molar-refractivity contribution in [1.29, 1.82) is 0 Å². The minimum Gasteiger partial charge on any atom is -0.338 e. The first-order valence-electron chi connectivity index (χ1n) is 6.41. The monoisotopic (exact) mass is 307 g/mol. The number of halogens is 3. The van der Waals surface area contributed by atoms with E-state index in [1.54, 1.807) is 24.3 Å². The number of ketones is 1. The number of amides is 1. The molecule has 1 atom stereocenters. The highest BCUT2D eigenvalue weighted by molar-refractivity contribution is 5.99. The van der Waals surface area contributed by atoms with Gasteiger partial charge in [-0.2, -0.15) is 13.2 Å². The molecule has 0 spiro atoms. The van der Waals surface area contributed by atoms with Gasteiger partial charge in [0.1, 0.15) is 6.04 Å². The molecule has 6 heteroatoms. The van der Waals surface area contributed by atoms with Gasteiger partial charge in [-0.3, -0.25) is 9.59 Å². The number of Topliss-reactive ketones (excluding diaryl/α,β-unsaturated/α-hetero) is 1. The highest BCUT2D eigenvalue weighted by Gasteiger charge is 2.44. The van der Waals surface area contributed by atoms with Crippen molar-refractivity contribution in [3.63, 3.8) is 0 Å². The fourth-order valence-electron chi connectivity index (χ4n) is 1.91. The Morgan fingerprint density at radius 2 is 1.36 bits per heavy atom. The van der Waals surface area contributed by atoms with E-state index in [0.717, 1.165) is 0 Å². The van der Waals surface area contributed by atoms with Gasteiger partial charge < -0.3 is 5.32 Å². The Hall–Kier alpha value is -2.63. The van der Waals surface area contributed by atoms with Gasteiger partial charge in [0.15, 0.2) is 0 Å². The van der Waals surface area contributed by atoms with Gasteiger partial charge in [0.05, 0.1) is 0 Å². The third-order valence-corrected chi connectivity index (χ3v) is 2.99. The number of hydrogen-bond acceptors (Lipinski definition) is 2. The number of carbonyl (C=O) groups excluding carboxylic acids is 2. The maximum absolute atomic E-state index is 12.7. The van der Waals surface area contributed by atoms with Crippen molar-refractivity contribution in [2.75, 3.05) is 0 Å². The van der Waals surface area contributed by atoms with E-state index in [0.29, 0.717) is 0 Å². The maximum atomic E-state index is 12.7. The van der Waals surface area contributed by atoms with Gasteiger partial charge in [-0.25, -0.2) is 0 Å². The van der Waals surface area contributed by atoms with E-state index in [1.807, 2.05) is 0 Å². The van der Waals surface area contributed by atoms with Gasteiger partial charge in [-0.05, 0) is 17.7 Å². The van der Waals surface area contributed by atoms with Crippen LogP contribution in [0.2, 0.25) is 0 Å². The molecule has 0 aliphatic carbocycles. The van der Waals surface area contributed by atoms with Gasteiger partial charge in [0.2, 0.25) is 0 Å². The van der Waals surface area contributed by atoms with Gasteiger partial charge in [0, 0.05) is 5.56 Å². The van der Waals surface area contributed by atoms with Crippen molar-refractivity contribution in [3.8, 4) is 0 Å². The summed E-state index contributed by atoms with van der Waals surface area (Å²) in [6.45, 7) is 0. The molecule has 1 unspecified atom stereocenters. The topological polar surface area (TPSA) is 46.2 Å². The molecule has 0 bridgehead atoms. The molecule has 2 aromatic carbocycles. The molecule has 0 aliphatic heterocycles. The Morgan fingerprint density at radius 1 is 0.864 bits per heavy atom. The Labute approximate surface area is 124 Å². The molecule has 0 radical (unpaired) electrons. The fraction of sp³-hybridized carbons (Fsp3) is 0.125. The molecule has 2 rings (SSSR count). The second-order valence-electron chi connectivity index (χ2n) is 4.55. The van der Waals surface area contributed by atoms with Crippen LogP contribution in [0.1, 0.15) is 22.0 Å². The highest BCUT2D eigenvalue weighted by Crippen LogP contribution is 2.26. The van der Waals surface area contributed by atoms with E-state index in [1.165, 1.54) is 36.4 Å². The minimum absolute atomic E-state index is 0.0779. The van der Waals surface area contributed by atoms with Crippen molar-refractivity contribution in [1.82, 2.24) is 5.32 Å². The second-order valence-corrected chi connectivity index (χ2v) is 4.55. The number of hydrogen-bond donors (Lipinski definition) is 1. The van der Waals surface area contributed by atoms with Gasteiger partial charge in [-0.1, -0.05) is 48.5 Å². The lowest BCUT2D eigenvalue weighted by molar-refractivity contribution is -0.173. The van der Waals surface area contributed by atoms with Crippen molar-refractivity contribution >= 4 is 11.7 Å². The first-order chi connectivity index (χ1) is 10.4. The average molecular weight is 307 g/mol. The molecular formula is C16H12F3NO2. The molecule has 1 amide bonds. The highest BCUT2D eigenvalue weighted by atomic mass is 19.4. The van der Waals surface area contributed by atoms with Crippen molar-refractivity contribution in [3.05, 3.63) is 71.8 Å². The molecular weight excluding hydrogens is 295 g/mol. The van der Waals surface area contributed by atoms with E-state index in [2.05, 4.69) is 5.32 Å². The average Bonchev–Trinajstić information content (AvgIpc) is 2.52. The summed E-state index contributed by atoms with van der Waals surface area (Å²) in [7, 11) is 0. The third-order valence-electron chi connectivity index (χ3n) is 2.99. The first-order valence-corrected chi connectivity index (χ1v) is 6.41. The number of carbonyl (C=O) groups is 2. The van der Waals surface area contributed by atoms with Crippen molar-refractivity contribution in [2.24, 2.45) is 0 Å². The summed E-state index contributed by atoms with van der Waals surface area (Å²) >= 11 is 0. The Balaban J connectivity index is 2.30. The molecule has 3 nitrogen and oxygen atoms in total. The molecule has 1 N–H and O–H groups in total. The van der Waals surface area contributed by atoms with E-state index >= 15 is 0 Å². The zero-order valence-electron chi connectivity index (χ0n) is 11.3. The standard InChI is InChI=1S/C16H12F3NO2/c17-16(18,19)14(21)13(11-7-3-1-4-8-11)20-15(22)12-9-5-2-6-10-12/h1-10,13H,(H,20,22). The quantitative estimate of drug-likeness (QED) is 0.942. The lowest BCUT2D eigenvalue weighted by atomic mass is 10.0. The number of benzene rings is 2. The molecule has 2 aromatic rings. The van der Waals surface area contributed by atoms with Crippen LogP contribution >= 0.6 is 0 Å². The summed E-state index contributed by atoms with van der Waals surface area (Å²) in [5.74, 6) is -2.75. The molecule has 22 heavy (non-hydrogen) atoms. The fourth-order valence-corrected chi connectivity index (χ4v) is 1.91. The van der Waals surface area contributed by atoms with Crippen molar-refractivity contribution < 1.29 is 22.8 Å². The van der Waals surface area contributed by atoms with Crippen LogP contribution in [0.5, 0.6) is 0 Å². The summed E-state index contributed by atoms with van der Waals surface area (Å²) < 4.78 is 38.2. The Bertz CT molecular complexity index is 654. The SMILES string of the molecule is O=C(NC(C(=O)C(F)(F)F)c1ccccc1)c1ccccc1. The summed E-state index contributed by atoms with van der Waals surface area (Å²) in [4.78, 5) is 23.6. The summed E-state index contributed by atoms with van der Waals surface area (Å²) in [5, 5.41) is 2.15. The predicted molar refractivity (Wildman–Crippen MR) is 74.2 cm³/mol. The van der Waals surface area contributed by atoms with Crippen LogP contribution in [-0.4, -0.2) is 17.9 Å². The lowest BCUT2D eigenvalue weighted by Gasteiger charge is -2.19. The van der Waals surface area contributed by atoms with E-state index < -0.39 is 23.9 Å². The van der Waals surface area contributed by atoms with Gasteiger partial charge >= 0.3 is 6.18 Å². The number of rotatable bonds is 4. The smallest absolute Gasteiger partial charge is 0.338 e. The predicted octanol–water partition coefficient (Wildman–Crippen LogP) is 3.29. The van der Waals surface area contributed by atoms with Crippen molar-refractivity contribution in [2.45, 2.75) is 12.2 Å². The Kier molecular flexibility index (Phi) is 4.60. The summed E-state index contributed by atoms with van der Waals surface area (Å²) in [5.41, 5.74) is 0.257. The van der Waals surface area contributed by atoms with Gasteiger partial charge in [-0.15, -0.1) is 0 Å². The van der Waals surface area contributed by atoms with E-state index in [4.69, 9.17) is 0 Å². The minimum atomic E-state index is -5.04. The van der Waals surface area contributed by atoms with Gasteiger partial charge in [0.25, 0.3) is 11.7 Å². The van der Waals surface area contributed by atoms with Crippen LogP contribution in [0.3, 0.4) is 0 Å². The van der Waals surface area contributed by atoms with E-state index in [-0.39, 0.29) is 11.1 Å². The van der Waals surface area contributed by atoms with Crippen LogP contribution in [0.15, 0.2) is 60.7 Å². The zero-order chi connectivity index (χ0) is 16.2. The second kappa shape index (κ2) is 6.43. The molecule has 0 saturated carbocycles. The molecule has 0 saturated heterocycles. The van der Waals surface area contributed by atoms with Crippen LogP contribution in [0, 0.1) is 0 Å². The number of alkyl halides is 3. The molecule has 0 fully saturated rings. The molecule has 114 valence electrons. The summed E-state index contributed by atoms with van der Waals surface area (Å²) in [6, 6.07) is 13.3. The lowest BCUT2D eigenvalue weighted by Crippen LogP contribution is -2.40. The van der Waals surface area contributed by atoms with Crippen LogP contribution in [0.25, 0.3) is 0 Å². The Morgan fingerprint density at radius 3 is 1.86 bits per heavy atom. The molecule has 0 aromatic heterocycles. The van der Waals surface area contributed by atoms with Crippen LogP contribution in [0.4, 0.5) is 13.2 Å².